The first-order chi connectivity index (χ1) is 17.4. The molecule has 1 aromatic carbocycles. The Balaban J connectivity index is 2.23. The molecule has 1 aliphatic heterocycles. The van der Waals surface area contributed by atoms with E-state index in [1.54, 1.807) is 0 Å². The number of hydrogen-bond donors (Lipinski definition) is 1. The Bertz CT molecular complexity index is 1040. The zero-order chi connectivity index (χ0) is 27.2. The molecule has 1 fully saturated rings. The molecule has 7 nitrogen and oxygen atoms in total. The predicted molar refractivity (Wildman–Crippen MR) is 147 cm³/mol. The third kappa shape index (κ3) is 7.76. The van der Waals surface area contributed by atoms with Crippen molar-refractivity contribution in [2.45, 2.75) is 79.6 Å². The average molecular weight is 513 g/mol. The first-order valence-electron chi connectivity index (χ1n) is 13.3. The number of hydrogen-bond acceptors (Lipinski definition) is 6. The maximum absolute atomic E-state index is 12.7. The molecular weight excluding hydrogens is 468 g/mol. The number of rotatable bonds is 11. The minimum absolute atomic E-state index is 0.241. The zero-order valence-corrected chi connectivity index (χ0v) is 23.6. The van der Waals surface area contributed by atoms with Crippen molar-refractivity contribution in [2.75, 3.05) is 37.8 Å². The number of carboxylic acids is 1. The Hall–Kier alpha value is -2.48. The molecule has 0 spiro atoms. The van der Waals surface area contributed by atoms with Gasteiger partial charge in [0, 0.05) is 36.5 Å². The van der Waals surface area contributed by atoms with Gasteiger partial charge >= 0.3 is 5.97 Å². The molecule has 1 saturated heterocycles. The number of pyridine rings is 1. The lowest BCUT2D eigenvalue weighted by Crippen LogP contribution is -2.39. The Morgan fingerprint density at radius 3 is 2.30 bits per heavy atom. The first kappa shape index (κ1) is 29.1. The summed E-state index contributed by atoms with van der Waals surface area (Å²) in [5.74, 6) is -1.02. The highest BCUT2D eigenvalue weighted by molar-refractivity contribution is 5.88. The van der Waals surface area contributed by atoms with Crippen LogP contribution < -0.4 is 4.90 Å². The van der Waals surface area contributed by atoms with Crippen molar-refractivity contribution in [3.8, 4) is 11.1 Å². The van der Waals surface area contributed by atoms with Crippen LogP contribution in [0, 0.1) is 12.3 Å². The van der Waals surface area contributed by atoms with Gasteiger partial charge in [-0.3, -0.25) is 4.98 Å². The fourth-order valence-electron chi connectivity index (χ4n) is 4.77. The van der Waals surface area contributed by atoms with Gasteiger partial charge in [-0.05, 0) is 58.4 Å². The fourth-order valence-corrected chi connectivity index (χ4v) is 4.77. The number of aryl methyl sites for hydroxylation is 1. The van der Waals surface area contributed by atoms with E-state index < -0.39 is 17.7 Å². The third-order valence-corrected chi connectivity index (χ3v) is 6.74. The van der Waals surface area contributed by atoms with Gasteiger partial charge in [-0.15, -0.1) is 0 Å². The highest BCUT2D eigenvalue weighted by Crippen LogP contribution is 2.45. The number of carbonyl (C=O) groups is 1. The largest absolute Gasteiger partial charge is 0.479 e. The van der Waals surface area contributed by atoms with Crippen LogP contribution >= 0.6 is 0 Å². The van der Waals surface area contributed by atoms with E-state index in [1.807, 2.05) is 52.8 Å². The molecule has 2 aromatic rings. The zero-order valence-electron chi connectivity index (χ0n) is 23.6. The summed E-state index contributed by atoms with van der Waals surface area (Å²) in [6.07, 6.45) is 0.882. The Labute approximate surface area is 222 Å². The number of ether oxygens (including phenoxy) is 3. The molecule has 1 N–H and O–H groups in total. The normalized spacial score (nSPS) is 16.6. The van der Waals surface area contributed by atoms with Gasteiger partial charge in [0.25, 0.3) is 0 Å². The summed E-state index contributed by atoms with van der Waals surface area (Å²) >= 11 is 0. The quantitative estimate of drug-likeness (QED) is 0.360. The van der Waals surface area contributed by atoms with Crippen molar-refractivity contribution >= 4 is 11.7 Å². The van der Waals surface area contributed by atoms with Crippen molar-refractivity contribution in [1.29, 1.82) is 0 Å². The topological polar surface area (TPSA) is 81.1 Å². The SMILES string of the molecule is CCOCCOCc1nc(C)c([C@H](OC(C)(C)C)C(=O)O)c(N2CCC(C)(C)CC2)c1-c1ccccc1. The minimum Gasteiger partial charge on any atom is -0.479 e. The van der Waals surface area contributed by atoms with Gasteiger partial charge in [-0.25, -0.2) is 4.79 Å². The van der Waals surface area contributed by atoms with E-state index in [0.717, 1.165) is 48.4 Å². The highest BCUT2D eigenvalue weighted by atomic mass is 16.5. The Morgan fingerprint density at radius 2 is 1.73 bits per heavy atom. The Kier molecular flexibility index (Phi) is 9.73. The predicted octanol–water partition coefficient (Wildman–Crippen LogP) is 6.18. The molecule has 7 heteroatoms. The number of nitrogens with zero attached hydrogens (tertiary/aromatic N) is 2. The summed E-state index contributed by atoms with van der Waals surface area (Å²) in [4.78, 5) is 19.9. The van der Waals surface area contributed by atoms with Crippen LogP contribution in [-0.4, -0.2) is 54.6 Å². The lowest BCUT2D eigenvalue weighted by atomic mass is 9.81. The first-order valence-corrected chi connectivity index (χ1v) is 13.3. The van der Waals surface area contributed by atoms with Crippen LogP contribution in [0.15, 0.2) is 30.3 Å². The fraction of sp³-hybridized carbons (Fsp3) is 0.600. The van der Waals surface area contributed by atoms with Gasteiger partial charge in [-0.2, -0.15) is 0 Å². The second kappa shape index (κ2) is 12.4. The number of anilines is 1. The van der Waals surface area contributed by atoms with Crippen molar-refractivity contribution in [2.24, 2.45) is 5.41 Å². The van der Waals surface area contributed by atoms with Crippen molar-refractivity contribution in [1.82, 2.24) is 4.98 Å². The van der Waals surface area contributed by atoms with Crippen molar-refractivity contribution in [3.63, 3.8) is 0 Å². The van der Waals surface area contributed by atoms with Gasteiger partial charge in [0.05, 0.1) is 36.8 Å². The van der Waals surface area contributed by atoms with E-state index in [0.29, 0.717) is 37.7 Å². The smallest absolute Gasteiger partial charge is 0.337 e. The second-order valence-electron chi connectivity index (χ2n) is 11.5. The van der Waals surface area contributed by atoms with Crippen LogP contribution in [-0.2, 0) is 25.6 Å². The van der Waals surface area contributed by atoms with E-state index >= 15 is 0 Å². The molecule has 1 atom stereocenters. The van der Waals surface area contributed by atoms with E-state index in [-0.39, 0.29) is 5.41 Å². The van der Waals surface area contributed by atoms with Crippen LogP contribution in [0.3, 0.4) is 0 Å². The Morgan fingerprint density at radius 1 is 1.11 bits per heavy atom. The van der Waals surface area contributed by atoms with E-state index in [1.165, 1.54) is 0 Å². The molecule has 37 heavy (non-hydrogen) atoms. The van der Waals surface area contributed by atoms with E-state index in [9.17, 15) is 9.90 Å². The van der Waals surface area contributed by atoms with Crippen molar-refractivity contribution < 1.29 is 24.1 Å². The van der Waals surface area contributed by atoms with Gasteiger partial charge in [0.1, 0.15) is 0 Å². The molecule has 1 aromatic heterocycles. The minimum atomic E-state index is -1.15. The molecule has 0 aliphatic carbocycles. The lowest BCUT2D eigenvalue weighted by molar-refractivity contribution is -0.160. The van der Waals surface area contributed by atoms with Crippen LogP contribution in [0.4, 0.5) is 5.69 Å². The third-order valence-electron chi connectivity index (χ3n) is 6.74. The number of benzene rings is 1. The second-order valence-corrected chi connectivity index (χ2v) is 11.5. The summed E-state index contributed by atoms with van der Waals surface area (Å²) in [6, 6.07) is 10.1. The summed E-state index contributed by atoms with van der Waals surface area (Å²) in [7, 11) is 0. The number of aromatic nitrogens is 1. The summed E-state index contributed by atoms with van der Waals surface area (Å²) in [5, 5.41) is 10.4. The molecule has 0 saturated carbocycles. The number of piperidine rings is 1. The van der Waals surface area contributed by atoms with Crippen LogP contribution in [0.1, 0.15) is 77.4 Å². The lowest BCUT2D eigenvalue weighted by Gasteiger charge is -2.41. The molecule has 2 heterocycles. The molecule has 3 rings (SSSR count). The van der Waals surface area contributed by atoms with Crippen molar-refractivity contribution in [3.05, 3.63) is 47.3 Å². The molecule has 0 amide bonds. The molecule has 0 bridgehead atoms. The van der Waals surface area contributed by atoms with Crippen LogP contribution in [0.5, 0.6) is 0 Å². The van der Waals surface area contributed by atoms with E-state index in [4.69, 9.17) is 19.2 Å². The number of carboxylic acid groups (broad SMARTS) is 1. The molecular formula is C30H44N2O5. The molecule has 0 radical (unpaired) electrons. The molecule has 0 unspecified atom stereocenters. The number of aliphatic carboxylic acids is 1. The van der Waals surface area contributed by atoms with Gasteiger partial charge < -0.3 is 24.2 Å². The molecule has 204 valence electrons. The molecule has 1 aliphatic rings. The van der Waals surface area contributed by atoms with E-state index in [2.05, 4.69) is 30.9 Å². The summed E-state index contributed by atoms with van der Waals surface area (Å²) in [6.45, 7) is 17.7. The standard InChI is InChI=1S/C30H44N2O5/c1-8-35-18-19-36-20-23-25(22-12-10-9-11-13-22)26(32-16-14-30(6,7)15-17-32)24(21(2)31-23)27(28(33)34)37-29(3,4)5/h9-13,27H,8,14-20H2,1-7H3,(H,33,34)/t27-/m0/s1. The van der Waals surface area contributed by atoms with Gasteiger partial charge in [-0.1, -0.05) is 44.2 Å². The van der Waals surface area contributed by atoms with Crippen LogP contribution in [0.25, 0.3) is 11.1 Å². The van der Waals surface area contributed by atoms with Gasteiger partial charge in [0.2, 0.25) is 0 Å². The monoisotopic (exact) mass is 512 g/mol. The van der Waals surface area contributed by atoms with Crippen LogP contribution in [0.2, 0.25) is 0 Å². The maximum atomic E-state index is 12.7. The maximum Gasteiger partial charge on any atom is 0.337 e. The highest BCUT2D eigenvalue weighted by Gasteiger charge is 2.36. The summed E-state index contributed by atoms with van der Waals surface area (Å²) in [5.41, 5.74) is 4.47. The summed E-state index contributed by atoms with van der Waals surface area (Å²) < 4.78 is 17.6. The van der Waals surface area contributed by atoms with Gasteiger partial charge in [0.15, 0.2) is 6.10 Å². The average Bonchev–Trinajstić information content (AvgIpc) is 2.82.